The van der Waals surface area contributed by atoms with Crippen LogP contribution in [0.25, 0.3) is 22.8 Å². The van der Waals surface area contributed by atoms with Gasteiger partial charge in [-0.05, 0) is 18.2 Å². The number of aromatic nitrogens is 6. The Hall–Kier alpha value is -3.81. The highest BCUT2D eigenvalue weighted by Gasteiger charge is 2.17. The quantitative estimate of drug-likeness (QED) is 0.561. The summed E-state index contributed by atoms with van der Waals surface area (Å²) in [4.78, 5) is 20.8. The molecular weight excluding hydrogens is 332 g/mol. The summed E-state index contributed by atoms with van der Waals surface area (Å²) in [5, 5.41) is 8.79. The molecule has 4 rings (SSSR count). The SMILES string of the molecule is COc1cn(-c2cncnc2)nc(-c2ccnn2-c2ccccc2)c1=O. The van der Waals surface area contributed by atoms with Gasteiger partial charge >= 0.3 is 0 Å². The maximum absolute atomic E-state index is 12.8. The Morgan fingerprint density at radius 2 is 1.77 bits per heavy atom. The average molecular weight is 346 g/mol. The molecule has 1 aromatic carbocycles. The van der Waals surface area contributed by atoms with Gasteiger partial charge in [0.2, 0.25) is 0 Å². The molecule has 0 aliphatic carbocycles. The summed E-state index contributed by atoms with van der Waals surface area (Å²) in [5.74, 6) is 0.166. The molecule has 4 aromatic rings. The second kappa shape index (κ2) is 6.60. The Labute approximate surface area is 148 Å². The predicted molar refractivity (Wildman–Crippen MR) is 94.5 cm³/mol. The van der Waals surface area contributed by atoms with Crippen LogP contribution in [0.1, 0.15) is 0 Å². The lowest BCUT2D eigenvalue weighted by molar-refractivity contribution is 0.405. The van der Waals surface area contributed by atoms with E-state index in [0.717, 1.165) is 5.69 Å². The normalized spacial score (nSPS) is 10.7. The minimum Gasteiger partial charge on any atom is -0.491 e. The third-order valence-electron chi connectivity index (χ3n) is 3.80. The van der Waals surface area contributed by atoms with Crippen LogP contribution in [0, 0.1) is 0 Å². The molecule has 8 nitrogen and oxygen atoms in total. The number of hydrogen-bond donors (Lipinski definition) is 0. The molecule has 0 saturated heterocycles. The molecule has 0 atom stereocenters. The summed E-state index contributed by atoms with van der Waals surface area (Å²) in [6.07, 6.45) is 7.76. The second-order valence-electron chi connectivity index (χ2n) is 5.38. The van der Waals surface area contributed by atoms with Gasteiger partial charge in [-0.25, -0.2) is 19.3 Å². The second-order valence-corrected chi connectivity index (χ2v) is 5.38. The van der Waals surface area contributed by atoms with E-state index in [1.807, 2.05) is 30.3 Å². The fourth-order valence-corrected chi connectivity index (χ4v) is 2.58. The van der Waals surface area contributed by atoms with Crippen molar-refractivity contribution in [1.29, 1.82) is 0 Å². The van der Waals surface area contributed by atoms with Crippen LogP contribution in [0.5, 0.6) is 5.75 Å². The van der Waals surface area contributed by atoms with E-state index in [4.69, 9.17) is 4.74 Å². The van der Waals surface area contributed by atoms with Crippen LogP contribution in [-0.4, -0.2) is 36.6 Å². The summed E-state index contributed by atoms with van der Waals surface area (Å²) in [7, 11) is 1.45. The van der Waals surface area contributed by atoms with Crippen LogP contribution in [0.4, 0.5) is 0 Å². The molecule has 3 aromatic heterocycles. The molecule has 0 fully saturated rings. The lowest BCUT2D eigenvalue weighted by Gasteiger charge is -2.11. The number of hydrogen-bond acceptors (Lipinski definition) is 6. The highest BCUT2D eigenvalue weighted by molar-refractivity contribution is 5.59. The number of para-hydroxylation sites is 1. The van der Waals surface area contributed by atoms with E-state index in [1.165, 1.54) is 24.3 Å². The molecule has 0 bridgehead atoms. The van der Waals surface area contributed by atoms with E-state index in [9.17, 15) is 4.79 Å². The molecule has 0 aliphatic heterocycles. The van der Waals surface area contributed by atoms with Crippen molar-refractivity contribution < 1.29 is 4.74 Å². The molecule has 0 amide bonds. The van der Waals surface area contributed by atoms with Gasteiger partial charge in [-0.2, -0.15) is 10.2 Å². The number of methoxy groups -OCH3 is 1. The largest absolute Gasteiger partial charge is 0.491 e. The Morgan fingerprint density at radius 3 is 2.50 bits per heavy atom. The maximum atomic E-state index is 12.8. The van der Waals surface area contributed by atoms with Gasteiger partial charge in [-0.3, -0.25) is 4.79 Å². The molecule has 0 saturated carbocycles. The Morgan fingerprint density at radius 1 is 1.00 bits per heavy atom. The van der Waals surface area contributed by atoms with Gasteiger partial charge in [0.05, 0.1) is 43.3 Å². The van der Waals surface area contributed by atoms with Crippen LogP contribution in [-0.2, 0) is 0 Å². The van der Waals surface area contributed by atoms with Gasteiger partial charge in [-0.15, -0.1) is 0 Å². The monoisotopic (exact) mass is 346 g/mol. The Bertz CT molecular complexity index is 1090. The number of benzene rings is 1. The molecule has 0 unspecified atom stereocenters. The Balaban J connectivity index is 1.93. The molecule has 26 heavy (non-hydrogen) atoms. The first kappa shape index (κ1) is 15.7. The van der Waals surface area contributed by atoms with Crippen LogP contribution in [0.15, 0.2) is 72.3 Å². The molecule has 0 radical (unpaired) electrons. The van der Waals surface area contributed by atoms with Crippen molar-refractivity contribution >= 4 is 0 Å². The highest BCUT2D eigenvalue weighted by Crippen LogP contribution is 2.20. The van der Waals surface area contributed by atoms with Crippen molar-refractivity contribution in [3.63, 3.8) is 0 Å². The highest BCUT2D eigenvalue weighted by atomic mass is 16.5. The minimum absolute atomic E-state index is 0.166. The lowest BCUT2D eigenvalue weighted by Crippen LogP contribution is -2.18. The fourth-order valence-electron chi connectivity index (χ4n) is 2.58. The van der Waals surface area contributed by atoms with Crippen molar-refractivity contribution in [2.75, 3.05) is 7.11 Å². The summed E-state index contributed by atoms with van der Waals surface area (Å²) in [6.45, 7) is 0. The van der Waals surface area contributed by atoms with Crippen molar-refractivity contribution in [3.05, 3.63) is 77.7 Å². The standard InChI is InChI=1S/C18H14N6O2/c1-26-16-11-23(14-9-19-12-20-10-14)22-17(18(16)25)15-7-8-21-24(15)13-5-3-2-4-6-13/h2-12H,1H3. The van der Waals surface area contributed by atoms with E-state index in [1.54, 1.807) is 29.3 Å². The topological polar surface area (TPSA) is 87.7 Å². The smallest absolute Gasteiger partial charge is 0.251 e. The van der Waals surface area contributed by atoms with Crippen molar-refractivity contribution in [3.8, 4) is 28.5 Å². The minimum atomic E-state index is -0.321. The molecule has 8 heteroatoms. The van der Waals surface area contributed by atoms with E-state index in [-0.39, 0.29) is 16.9 Å². The van der Waals surface area contributed by atoms with Gasteiger partial charge in [-0.1, -0.05) is 18.2 Å². The summed E-state index contributed by atoms with van der Waals surface area (Å²) in [6, 6.07) is 11.3. The van der Waals surface area contributed by atoms with Crippen molar-refractivity contribution in [2.45, 2.75) is 0 Å². The van der Waals surface area contributed by atoms with Crippen LogP contribution in [0.3, 0.4) is 0 Å². The molecule has 3 heterocycles. The third-order valence-corrected chi connectivity index (χ3v) is 3.80. The first-order valence-corrected chi connectivity index (χ1v) is 7.81. The number of rotatable bonds is 4. The van der Waals surface area contributed by atoms with Crippen LogP contribution < -0.4 is 10.2 Å². The summed E-state index contributed by atoms with van der Waals surface area (Å²) >= 11 is 0. The summed E-state index contributed by atoms with van der Waals surface area (Å²) in [5.41, 5.74) is 1.89. The molecule has 0 N–H and O–H groups in total. The van der Waals surface area contributed by atoms with Crippen molar-refractivity contribution in [1.82, 2.24) is 29.5 Å². The van der Waals surface area contributed by atoms with E-state index in [2.05, 4.69) is 20.2 Å². The average Bonchev–Trinajstić information content (AvgIpc) is 3.19. The first-order chi connectivity index (χ1) is 12.8. The zero-order valence-electron chi connectivity index (χ0n) is 13.9. The molecular formula is C18H14N6O2. The van der Waals surface area contributed by atoms with E-state index >= 15 is 0 Å². The van der Waals surface area contributed by atoms with Gasteiger partial charge in [0.25, 0.3) is 5.43 Å². The van der Waals surface area contributed by atoms with Crippen LogP contribution >= 0.6 is 0 Å². The molecule has 0 spiro atoms. The Kier molecular flexibility index (Phi) is 3.98. The van der Waals surface area contributed by atoms with E-state index in [0.29, 0.717) is 11.4 Å². The van der Waals surface area contributed by atoms with Gasteiger partial charge in [0, 0.05) is 0 Å². The lowest BCUT2D eigenvalue weighted by atomic mass is 10.2. The van der Waals surface area contributed by atoms with Crippen LogP contribution in [0.2, 0.25) is 0 Å². The number of ether oxygens (including phenoxy) is 1. The van der Waals surface area contributed by atoms with Crippen molar-refractivity contribution in [2.24, 2.45) is 0 Å². The van der Waals surface area contributed by atoms with Gasteiger partial charge < -0.3 is 4.74 Å². The van der Waals surface area contributed by atoms with Gasteiger partial charge in [0.15, 0.2) is 11.4 Å². The third kappa shape index (κ3) is 2.73. The first-order valence-electron chi connectivity index (χ1n) is 7.81. The fraction of sp³-hybridized carbons (Fsp3) is 0.0556. The molecule has 128 valence electrons. The predicted octanol–water partition coefficient (Wildman–Crippen LogP) is 1.88. The maximum Gasteiger partial charge on any atom is 0.251 e. The number of nitrogens with zero attached hydrogens (tertiary/aromatic N) is 6. The molecule has 0 aliphatic rings. The zero-order valence-corrected chi connectivity index (χ0v) is 13.9. The summed E-state index contributed by atoms with van der Waals surface area (Å²) < 4.78 is 8.42. The van der Waals surface area contributed by atoms with E-state index < -0.39 is 0 Å². The van der Waals surface area contributed by atoms with Gasteiger partial charge in [0.1, 0.15) is 12.0 Å². The zero-order chi connectivity index (χ0) is 17.9.